The maximum absolute atomic E-state index is 10.1. The first-order valence-corrected chi connectivity index (χ1v) is 7.31. The number of carbonyl (C=O) groups is 6. The minimum atomic E-state index is -1.26. The molecule has 11 N–H and O–H groups in total. The normalized spacial score (nSPS) is 11.6. The molecule has 1 amide bonds. The van der Waals surface area contributed by atoms with Gasteiger partial charge >= 0.3 is 29.8 Å². The number of carboxylic acids is 5. The number of carboxylic acid groups (broad SMARTS) is 5. The summed E-state index contributed by atoms with van der Waals surface area (Å²) in [7, 11) is 0. The fourth-order valence-corrected chi connectivity index (χ4v) is 0.966. The summed E-state index contributed by atoms with van der Waals surface area (Å²) in [6.45, 7) is 0. The van der Waals surface area contributed by atoms with Gasteiger partial charge in [0.15, 0.2) is 0 Å². The molecule has 0 unspecified atom stereocenters. The van der Waals surface area contributed by atoms with Crippen molar-refractivity contribution in [3.8, 4) is 0 Å². The second-order valence-corrected chi connectivity index (χ2v) is 4.84. The Kier molecular flexibility index (Phi) is 17.7. The van der Waals surface area contributed by atoms with Gasteiger partial charge in [0, 0.05) is 25.0 Å². The maximum Gasteiger partial charge on any atom is 0.328 e. The van der Waals surface area contributed by atoms with Crippen LogP contribution in [-0.2, 0) is 28.8 Å². The van der Waals surface area contributed by atoms with E-state index in [9.17, 15) is 28.8 Å². The number of nitrogens with two attached hydrogens (primary N) is 3. The van der Waals surface area contributed by atoms with E-state index < -0.39 is 47.8 Å². The standard InChI is InChI=1S/C5H10N2O3.C5H9NO4.C4H4O4/c2*6-3(5(9)10)1-2-4(7)8;5-3(6)1-2-4(7)8/h3H,1-2,6H2,(H2,7,8)(H,9,10);3H,1-2,6H2,(H,7,8)(H,9,10);1-2H,(H,5,6)(H,7,8)/b;;2-1+/t2*3-;/m00./s1. The number of carbonyl (C=O) groups excluding carboxylic acids is 1. The summed E-state index contributed by atoms with van der Waals surface area (Å²) < 4.78 is 0. The molecule has 0 aliphatic rings. The summed E-state index contributed by atoms with van der Waals surface area (Å²) >= 11 is 0. The smallest absolute Gasteiger partial charge is 0.328 e. The van der Waals surface area contributed by atoms with Crippen LogP contribution in [0.2, 0.25) is 0 Å². The van der Waals surface area contributed by atoms with Crippen molar-refractivity contribution in [1.29, 1.82) is 0 Å². The van der Waals surface area contributed by atoms with Gasteiger partial charge in [-0.25, -0.2) is 9.59 Å². The highest BCUT2D eigenvalue weighted by Crippen LogP contribution is 1.93. The summed E-state index contributed by atoms with van der Waals surface area (Å²) in [5, 5.41) is 40.1. The van der Waals surface area contributed by atoms with E-state index in [2.05, 4.69) is 0 Å². The van der Waals surface area contributed by atoms with Crippen molar-refractivity contribution in [2.45, 2.75) is 37.8 Å². The van der Waals surface area contributed by atoms with E-state index in [1.54, 1.807) is 0 Å². The third kappa shape index (κ3) is 27.3. The number of hydrogen-bond acceptors (Lipinski definition) is 8. The maximum atomic E-state index is 10.1. The van der Waals surface area contributed by atoms with E-state index in [4.69, 9.17) is 42.7 Å². The molecule has 0 saturated carbocycles. The Hall–Kier alpha value is -3.52. The predicted octanol–water partition coefficient (Wildman–Crippen LogP) is -2.36. The molecule has 2 atom stereocenters. The quantitative estimate of drug-likeness (QED) is 0.175. The lowest BCUT2D eigenvalue weighted by Crippen LogP contribution is -2.31. The third-order valence-corrected chi connectivity index (χ3v) is 2.37. The molecule has 0 spiro atoms. The van der Waals surface area contributed by atoms with Gasteiger partial charge in [-0.05, 0) is 12.8 Å². The monoisotopic (exact) mass is 409 g/mol. The number of rotatable bonds is 10. The molecule has 160 valence electrons. The average Bonchev–Trinajstić information content (AvgIpc) is 2.56. The van der Waals surface area contributed by atoms with Gasteiger partial charge in [0.2, 0.25) is 5.91 Å². The molecule has 0 rings (SSSR count). The topological polar surface area (TPSA) is 282 Å². The van der Waals surface area contributed by atoms with Crippen LogP contribution < -0.4 is 17.2 Å². The molecule has 0 aliphatic carbocycles. The highest BCUT2D eigenvalue weighted by Gasteiger charge is 2.12. The molecule has 14 nitrogen and oxygen atoms in total. The molecular formula is C14H23N3O11. The molecular weight excluding hydrogens is 386 g/mol. The molecule has 0 radical (unpaired) electrons. The predicted molar refractivity (Wildman–Crippen MR) is 90.9 cm³/mol. The highest BCUT2D eigenvalue weighted by molar-refractivity contribution is 5.89. The van der Waals surface area contributed by atoms with E-state index >= 15 is 0 Å². The van der Waals surface area contributed by atoms with Gasteiger partial charge in [-0.3, -0.25) is 19.2 Å². The van der Waals surface area contributed by atoms with Crippen LogP contribution in [0.1, 0.15) is 25.7 Å². The van der Waals surface area contributed by atoms with Crippen LogP contribution in [0.25, 0.3) is 0 Å². The van der Waals surface area contributed by atoms with E-state index in [0.29, 0.717) is 12.2 Å². The van der Waals surface area contributed by atoms with Crippen molar-refractivity contribution in [2.24, 2.45) is 17.2 Å². The van der Waals surface area contributed by atoms with Gasteiger partial charge in [0.25, 0.3) is 0 Å². The van der Waals surface area contributed by atoms with Crippen LogP contribution in [-0.4, -0.2) is 73.4 Å². The summed E-state index contributed by atoms with van der Waals surface area (Å²) in [6.07, 6.45) is 1.01. The second-order valence-electron chi connectivity index (χ2n) is 4.84. The number of primary amides is 1. The SMILES string of the molecule is NC(=O)CC[C@H](N)C(=O)O.N[C@@H](CCC(=O)O)C(=O)O.O=C(O)/C=C/C(=O)O. The van der Waals surface area contributed by atoms with Crippen molar-refractivity contribution >= 4 is 35.8 Å². The Bertz CT molecular complexity index is 539. The summed E-state index contributed by atoms with van der Waals surface area (Å²) in [5.74, 6) is -6.35. The van der Waals surface area contributed by atoms with Gasteiger partial charge in [-0.15, -0.1) is 0 Å². The Labute approximate surface area is 158 Å². The van der Waals surface area contributed by atoms with Crippen LogP contribution in [0.5, 0.6) is 0 Å². The van der Waals surface area contributed by atoms with Gasteiger partial charge in [0.1, 0.15) is 12.1 Å². The number of amides is 1. The van der Waals surface area contributed by atoms with E-state index in [1.165, 1.54) is 0 Å². The van der Waals surface area contributed by atoms with Crippen molar-refractivity contribution in [3.05, 3.63) is 12.2 Å². The second kappa shape index (κ2) is 16.9. The summed E-state index contributed by atoms with van der Waals surface area (Å²) in [6, 6.07) is -2.04. The zero-order chi connectivity index (χ0) is 22.9. The molecule has 14 heteroatoms. The van der Waals surface area contributed by atoms with Crippen molar-refractivity contribution in [3.63, 3.8) is 0 Å². The fourth-order valence-electron chi connectivity index (χ4n) is 0.966. The largest absolute Gasteiger partial charge is 0.481 e. The molecule has 0 aromatic carbocycles. The first-order valence-electron chi connectivity index (χ1n) is 7.31. The molecule has 0 saturated heterocycles. The lowest BCUT2D eigenvalue weighted by atomic mass is 10.2. The molecule has 0 heterocycles. The fraction of sp³-hybridized carbons (Fsp3) is 0.429. The van der Waals surface area contributed by atoms with Gasteiger partial charge in [0.05, 0.1) is 0 Å². The Morgan fingerprint density at radius 2 is 1.00 bits per heavy atom. The van der Waals surface area contributed by atoms with Crippen LogP contribution >= 0.6 is 0 Å². The van der Waals surface area contributed by atoms with Crippen LogP contribution in [0.15, 0.2) is 12.2 Å². The molecule has 0 aromatic rings. The first-order chi connectivity index (χ1) is 12.7. The third-order valence-electron chi connectivity index (χ3n) is 2.37. The number of hydrogen-bond donors (Lipinski definition) is 8. The minimum Gasteiger partial charge on any atom is -0.481 e. The average molecular weight is 409 g/mol. The summed E-state index contributed by atoms with van der Waals surface area (Å²) in [4.78, 5) is 59.1. The lowest BCUT2D eigenvalue weighted by Gasteiger charge is -2.01. The molecule has 0 bridgehead atoms. The van der Waals surface area contributed by atoms with Crippen LogP contribution in [0.4, 0.5) is 0 Å². The van der Waals surface area contributed by atoms with E-state index in [-0.39, 0.29) is 25.7 Å². The van der Waals surface area contributed by atoms with E-state index in [1.807, 2.05) is 0 Å². The molecule has 28 heavy (non-hydrogen) atoms. The zero-order valence-corrected chi connectivity index (χ0v) is 14.6. The Morgan fingerprint density at radius 3 is 1.21 bits per heavy atom. The highest BCUT2D eigenvalue weighted by atomic mass is 16.4. The van der Waals surface area contributed by atoms with Crippen molar-refractivity contribution in [2.75, 3.05) is 0 Å². The first kappa shape index (κ1) is 29.3. The Morgan fingerprint density at radius 1 is 0.679 bits per heavy atom. The molecule has 0 aromatic heterocycles. The molecule has 0 aliphatic heterocycles. The van der Waals surface area contributed by atoms with Crippen LogP contribution in [0, 0.1) is 0 Å². The zero-order valence-electron chi connectivity index (χ0n) is 14.6. The summed E-state index contributed by atoms with van der Waals surface area (Å²) in [5.41, 5.74) is 14.8. The van der Waals surface area contributed by atoms with Gasteiger partial charge in [-0.2, -0.15) is 0 Å². The lowest BCUT2D eigenvalue weighted by molar-refractivity contribution is -0.141. The number of aliphatic carboxylic acids is 5. The van der Waals surface area contributed by atoms with Crippen LogP contribution in [0.3, 0.4) is 0 Å². The van der Waals surface area contributed by atoms with Crippen molar-refractivity contribution < 1.29 is 54.3 Å². The Balaban J connectivity index is -0.000000337. The van der Waals surface area contributed by atoms with Gasteiger partial charge in [-0.1, -0.05) is 0 Å². The van der Waals surface area contributed by atoms with Crippen molar-refractivity contribution in [1.82, 2.24) is 0 Å². The minimum absolute atomic E-state index is 0.0213. The van der Waals surface area contributed by atoms with E-state index in [0.717, 1.165) is 0 Å². The van der Waals surface area contributed by atoms with Gasteiger partial charge < -0.3 is 42.7 Å². The molecule has 0 fully saturated rings.